The third-order valence-corrected chi connectivity index (χ3v) is 2.73. The van der Waals surface area contributed by atoms with Crippen LogP contribution in [0.4, 0.5) is 0 Å². The van der Waals surface area contributed by atoms with Gasteiger partial charge in [-0.1, -0.05) is 0 Å². The summed E-state index contributed by atoms with van der Waals surface area (Å²) in [7, 11) is 0. The van der Waals surface area contributed by atoms with Crippen LogP contribution in [0.15, 0.2) is 12.1 Å². The molecule has 0 saturated carbocycles. The maximum absolute atomic E-state index is 11.3. The fourth-order valence-corrected chi connectivity index (χ4v) is 1.90. The van der Waals surface area contributed by atoms with Crippen LogP contribution >= 0.6 is 22.6 Å². The van der Waals surface area contributed by atoms with Crippen molar-refractivity contribution in [2.45, 2.75) is 13.3 Å². The lowest BCUT2D eigenvalue weighted by Crippen LogP contribution is -2.08. The molecule has 5 heteroatoms. The van der Waals surface area contributed by atoms with Crippen molar-refractivity contribution in [2.24, 2.45) is 0 Å². The Morgan fingerprint density at radius 2 is 2.31 bits per heavy atom. The predicted octanol–water partition coefficient (Wildman–Crippen LogP) is 1.97. The molecule has 0 spiro atoms. The average Bonchev–Trinajstić information content (AvgIpc) is 2.24. The fraction of sp³-hybridized carbons (Fsp3) is 0.273. The first-order valence-corrected chi connectivity index (χ1v) is 5.73. The highest BCUT2D eigenvalue weighted by atomic mass is 127. The number of aromatic hydroxyl groups is 1. The molecule has 1 rings (SSSR count). The molecule has 84 valence electrons. The summed E-state index contributed by atoms with van der Waals surface area (Å²) >= 11 is 1.91. The summed E-state index contributed by atoms with van der Waals surface area (Å²) in [5.74, 6) is -0.378. The number of phenols is 1. The summed E-state index contributed by atoms with van der Waals surface area (Å²) in [6, 6.07) is 5.03. The van der Waals surface area contributed by atoms with Gasteiger partial charge in [0.2, 0.25) is 0 Å². The number of ether oxygens (including phenoxy) is 1. The standard InChI is InChI=1S/C11H10INO3/c1-2-16-10(14)5-8-3-7(6-13)4-9(12)11(8)15/h3-4,15H,2,5H2,1H3. The Morgan fingerprint density at radius 1 is 1.62 bits per heavy atom. The van der Waals surface area contributed by atoms with Crippen LogP contribution in [0, 0.1) is 14.9 Å². The molecule has 0 atom stereocenters. The topological polar surface area (TPSA) is 70.3 Å². The van der Waals surface area contributed by atoms with Gasteiger partial charge >= 0.3 is 5.97 Å². The van der Waals surface area contributed by atoms with Crippen molar-refractivity contribution >= 4 is 28.6 Å². The lowest BCUT2D eigenvalue weighted by molar-refractivity contribution is -0.142. The van der Waals surface area contributed by atoms with Crippen LogP contribution in [-0.2, 0) is 16.0 Å². The number of carbonyl (C=O) groups is 1. The number of phenolic OH excluding ortho intramolecular Hbond substituents is 1. The van der Waals surface area contributed by atoms with Gasteiger partial charge in [-0.25, -0.2) is 0 Å². The van der Waals surface area contributed by atoms with Gasteiger partial charge in [0.25, 0.3) is 0 Å². The molecule has 0 fully saturated rings. The maximum Gasteiger partial charge on any atom is 0.310 e. The molecule has 0 aliphatic rings. The minimum absolute atomic E-state index is 0.0226. The Balaban J connectivity index is 3.00. The summed E-state index contributed by atoms with van der Waals surface area (Å²) in [5, 5.41) is 18.5. The Morgan fingerprint density at radius 3 is 2.88 bits per heavy atom. The van der Waals surface area contributed by atoms with Gasteiger partial charge in [0.1, 0.15) is 5.75 Å². The van der Waals surface area contributed by atoms with Crippen LogP contribution in [0.1, 0.15) is 18.1 Å². The number of hydrogen-bond acceptors (Lipinski definition) is 4. The highest BCUT2D eigenvalue weighted by Gasteiger charge is 2.12. The van der Waals surface area contributed by atoms with Gasteiger partial charge < -0.3 is 9.84 Å². The number of nitriles is 1. The molecule has 0 heterocycles. The predicted molar refractivity (Wildman–Crippen MR) is 65.9 cm³/mol. The molecule has 1 N–H and O–H groups in total. The first-order valence-electron chi connectivity index (χ1n) is 4.65. The highest BCUT2D eigenvalue weighted by Crippen LogP contribution is 2.26. The van der Waals surface area contributed by atoms with Crippen molar-refractivity contribution in [3.63, 3.8) is 0 Å². The average molecular weight is 331 g/mol. The minimum atomic E-state index is -0.413. The summed E-state index contributed by atoms with van der Waals surface area (Å²) in [6.07, 6.45) is -0.0226. The van der Waals surface area contributed by atoms with Gasteiger partial charge in [-0.3, -0.25) is 4.79 Å². The Labute approximate surface area is 107 Å². The molecule has 0 saturated heterocycles. The zero-order chi connectivity index (χ0) is 12.1. The van der Waals surface area contributed by atoms with Crippen LogP contribution in [0.3, 0.4) is 0 Å². The summed E-state index contributed by atoms with van der Waals surface area (Å²) < 4.78 is 5.33. The van der Waals surface area contributed by atoms with E-state index in [-0.39, 0.29) is 12.2 Å². The van der Waals surface area contributed by atoms with Crippen molar-refractivity contribution in [3.8, 4) is 11.8 Å². The number of rotatable bonds is 3. The molecule has 4 nitrogen and oxygen atoms in total. The number of hydrogen-bond donors (Lipinski definition) is 1. The second-order valence-corrected chi connectivity index (χ2v) is 4.22. The summed E-state index contributed by atoms with van der Waals surface area (Å²) in [6.45, 7) is 2.02. The van der Waals surface area contributed by atoms with Crippen LogP contribution in [0.5, 0.6) is 5.75 Å². The molecular weight excluding hydrogens is 321 g/mol. The first kappa shape index (κ1) is 12.8. The van der Waals surface area contributed by atoms with Crippen molar-refractivity contribution in [2.75, 3.05) is 6.61 Å². The monoisotopic (exact) mass is 331 g/mol. The maximum atomic E-state index is 11.3. The highest BCUT2D eigenvalue weighted by molar-refractivity contribution is 14.1. The van der Waals surface area contributed by atoms with E-state index >= 15 is 0 Å². The molecule has 0 aromatic heterocycles. The van der Waals surface area contributed by atoms with Gasteiger partial charge in [-0.05, 0) is 41.6 Å². The zero-order valence-corrected chi connectivity index (χ0v) is 10.8. The summed E-state index contributed by atoms with van der Waals surface area (Å²) in [4.78, 5) is 11.3. The van der Waals surface area contributed by atoms with E-state index in [2.05, 4.69) is 0 Å². The molecule has 0 radical (unpaired) electrons. The molecule has 0 aliphatic heterocycles. The largest absolute Gasteiger partial charge is 0.507 e. The van der Waals surface area contributed by atoms with Crippen LogP contribution in [-0.4, -0.2) is 17.7 Å². The number of nitrogens with zero attached hydrogens (tertiary/aromatic N) is 1. The van der Waals surface area contributed by atoms with Crippen molar-refractivity contribution in [3.05, 3.63) is 26.8 Å². The number of halogens is 1. The van der Waals surface area contributed by atoms with E-state index in [1.165, 1.54) is 6.07 Å². The van der Waals surface area contributed by atoms with Gasteiger partial charge in [0.15, 0.2) is 0 Å². The number of carbonyl (C=O) groups excluding carboxylic acids is 1. The fourth-order valence-electron chi connectivity index (χ4n) is 1.22. The molecule has 1 aromatic carbocycles. The quantitative estimate of drug-likeness (QED) is 0.679. The molecule has 16 heavy (non-hydrogen) atoms. The van der Waals surface area contributed by atoms with Crippen LogP contribution in [0.2, 0.25) is 0 Å². The van der Waals surface area contributed by atoms with Gasteiger partial charge in [-0.2, -0.15) is 5.26 Å². The van der Waals surface area contributed by atoms with Crippen molar-refractivity contribution in [1.29, 1.82) is 5.26 Å². The first-order chi connectivity index (χ1) is 7.58. The van der Waals surface area contributed by atoms with E-state index in [9.17, 15) is 9.90 Å². The normalized spacial score (nSPS) is 9.56. The van der Waals surface area contributed by atoms with Crippen LogP contribution < -0.4 is 0 Å². The van der Waals surface area contributed by atoms with E-state index in [0.29, 0.717) is 21.3 Å². The van der Waals surface area contributed by atoms with Crippen molar-refractivity contribution < 1.29 is 14.6 Å². The van der Waals surface area contributed by atoms with Crippen LogP contribution in [0.25, 0.3) is 0 Å². The third kappa shape index (κ3) is 3.10. The minimum Gasteiger partial charge on any atom is -0.507 e. The smallest absolute Gasteiger partial charge is 0.310 e. The van der Waals surface area contributed by atoms with Crippen molar-refractivity contribution in [1.82, 2.24) is 0 Å². The molecule has 0 unspecified atom stereocenters. The van der Waals surface area contributed by atoms with Gasteiger partial charge in [0, 0.05) is 5.56 Å². The molecular formula is C11H10INO3. The van der Waals surface area contributed by atoms with Gasteiger partial charge in [0.05, 0.1) is 28.2 Å². The number of benzene rings is 1. The van der Waals surface area contributed by atoms with E-state index in [1.54, 1.807) is 13.0 Å². The lowest BCUT2D eigenvalue weighted by atomic mass is 10.1. The second-order valence-electron chi connectivity index (χ2n) is 3.06. The summed E-state index contributed by atoms with van der Waals surface area (Å²) in [5.41, 5.74) is 0.836. The van der Waals surface area contributed by atoms with Gasteiger partial charge in [-0.15, -0.1) is 0 Å². The van der Waals surface area contributed by atoms with E-state index < -0.39 is 5.97 Å². The second kappa shape index (κ2) is 5.70. The Hall–Kier alpha value is -1.29. The lowest BCUT2D eigenvalue weighted by Gasteiger charge is -2.06. The van der Waals surface area contributed by atoms with E-state index in [4.69, 9.17) is 10.00 Å². The number of esters is 1. The third-order valence-electron chi connectivity index (χ3n) is 1.91. The molecule has 0 amide bonds. The SMILES string of the molecule is CCOC(=O)Cc1cc(C#N)cc(I)c1O. The Kier molecular flexibility index (Phi) is 4.55. The molecule has 1 aromatic rings. The molecule has 0 aliphatic carbocycles. The van der Waals surface area contributed by atoms with E-state index in [1.807, 2.05) is 28.7 Å². The Bertz CT molecular complexity index is 451. The molecule has 0 bridgehead atoms. The zero-order valence-electron chi connectivity index (χ0n) is 8.66. The van der Waals surface area contributed by atoms with E-state index in [0.717, 1.165) is 0 Å².